The van der Waals surface area contributed by atoms with E-state index in [1.165, 1.54) is 6.42 Å². The summed E-state index contributed by atoms with van der Waals surface area (Å²) in [6, 6.07) is -0.746. The third kappa shape index (κ3) is 4.62. The van der Waals surface area contributed by atoms with Gasteiger partial charge in [-0.2, -0.15) is 0 Å². The lowest BCUT2D eigenvalue weighted by atomic mass is 9.82. The highest BCUT2D eigenvalue weighted by molar-refractivity contribution is 4.79. The topological polar surface area (TPSA) is 63.4 Å². The summed E-state index contributed by atoms with van der Waals surface area (Å²) in [4.78, 5) is 10.8. The molecule has 0 aromatic rings. The molecule has 0 aromatic carbocycles. The Morgan fingerprint density at radius 3 is 2.47 bits per heavy atom. The monoisotopic (exact) mass is 243 g/mol. The van der Waals surface area contributed by atoms with Gasteiger partial charge in [0, 0.05) is 11.3 Å². The van der Waals surface area contributed by atoms with E-state index >= 15 is 0 Å². The molecule has 0 aromatic heterocycles. The number of aliphatic hydroxyl groups is 1. The van der Waals surface area contributed by atoms with Gasteiger partial charge in [0.25, 0.3) is 0 Å². The molecule has 1 rings (SSSR count). The number of hydrogen-bond acceptors (Lipinski definition) is 3. The molecule has 1 aliphatic carbocycles. The molecule has 4 heteroatoms. The van der Waals surface area contributed by atoms with Gasteiger partial charge in [-0.05, 0) is 25.2 Å². The minimum absolute atomic E-state index is 0.153. The average Bonchev–Trinajstić information content (AvgIpc) is 2.34. The van der Waals surface area contributed by atoms with Crippen molar-refractivity contribution in [2.75, 3.05) is 0 Å². The van der Waals surface area contributed by atoms with Crippen LogP contribution < -0.4 is 0 Å². The molecule has 4 nitrogen and oxygen atoms in total. The van der Waals surface area contributed by atoms with Crippen molar-refractivity contribution in [3.8, 4) is 0 Å². The molecular formula is C13H25NO3. The van der Waals surface area contributed by atoms with Crippen LogP contribution in [0.2, 0.25) is 0 Å². The van der Waals surface area contributed by atoms with Crippen molar-refractivity contribution >= 4 is 0 Å². The molecule has 1 saturated carbocycles. The number of unbranched alkanes of at least 4 members (excludes halogenated alkanes) is 2. The molecule has 0 radical (unpaired) electrons. The van der Waals surface area contributed by atoms with Gasteiger partial charge >= 0.3 is 0 Å². The Morgan fingerprint density at radius 2 is 1.94 bits per heavy atom. The highest BCUT2D eigenvalue weighted by atomic mass is 16.6. The highest BCUT2D eigenvalue weighted by Crippen LogP contribution is 2.29. The van der Waals surface area contributed by atoms with E-state index in [-0.39, 0.29) is 10.8 Å². The summed E-state index contributed by atoms with van der Waals surface area (Å²) in [5, 5.41) is 21.2. The van der Waals surface area contributed by atoms with Crippen LogP contribution in [0.4, 0.5) is 0 Å². The Balaban J connectivity index is 2.46. The fraction of sp³-hybridized carbons (Fsp3) is 1.00. The maximum atomic E-state index is 11.0. The van der Waals surface area contributed by atoms with Crippen LogP contribution in [-0.2, 0) is 0 Å². The molecule has 0 heterocycles. The molecule has 0 amide bonds. The molecule has 1 fully saturated rings. The zero-order valence-corrected chi connectivity index (χ0v) is 10.8. The summed E-state index contributed by atoms with van der Waals surface area (Å²) in [6.07, 6.45) is 8.07. The van der Waals surface area contributed by atoms with E-state index in [1.807, 2.05) is 0 Å². The Hall–Kier alpha value is -0.640. The first-order valence-electron chi connectivity index (χ1n) is 6.98. The van der Waals surface area contributed by atoms with Gasteiger partial charge in [-0.25, -0.2) is 0 Å². The number of hydrogen-bond donors (Lipinski definition) is 1. The maximum absolute atomic E-state index is 11.0. The van der Waals surface area contributed by atoms with E-state index in [9.17, 15) is 15.2 Å². The standard InChI is InChI=1S/C13H25NO3/c1-2-3-5-10-12(14(16)17)13(15)11-8-6-4-7-9-11/h11-13,15H,2-10H2,1H3. The second kappa shape index (κ2) is 7.64. The minimum atomic E-state index is -0.746. The van der Waals surface area contributed by atoms with Crippen molar-refractivity contribution in [2.45, 2.75) is 76.9 Å². The SMILES string of the molecule is CCCCCC(C(O)C1CCCCC1)[N+](=O)[O-]. The lowest BCUT2D eigenvalue weighted by molar-refractivity contribution is -0.537. The van der Waals surface area contributed by atoms with Crippen LogP contribution >= 0.6 is 0 Å². The van der Waals surface area contributed by atoms with Crippen LogP contribution in [0.25, 0.3) is 0 Å². The van der Waals surface area contributed by atoms with E-state index in [4.69, 9.17) is 0 Å². The van der Waals surface area contributed by atoms with Crippen molar-refractivity contribution in [3.05, 3.63) is 10.1 Å². The predicted molar refractivity (Wildman–Crippen MR) is 67.5 cm³/mol. The van der Waals surface area contributed by atoms with Crippen LogP contribution in [0.15, 0.2) is 0 Å². The summed E-state index contributed by atoms with van der Waals surface area (Å²) in [5.74, 6) is 0.153. The van der Waals surface area contributed by atoms with Crippen molar-refractivity contribution < 1.29 is 10.0 Å². The van der Waals surface area contributed by atoms with Crippen LogP contribution in [0.5, 0.6) is 0 Å². The first kappa shape index (κ1) is 14.4. The summed E-state index contributed by atoms with van der Waals surface area (Å²) in [6.45, 7) is 2.08. The minimum Gasteiger partial charge on any atom is -0.386 e. The second-order valence-corrected chi connectivity index (χ2v) is 5.24. The van der Waals surface area contributed by atoms with Gasteiger partial charge in [0.1, 0.15) is 6.10 Å². The summed E-state index contributed by atoms with van der Waals surface area (Å²) < 4.78 is 0. The molecule has 1 aliphatic rings. The van der Waals surface area contributed by atoms with Crippen LogP contribution in [0.3, 0.4) is 0 Å². The zero-order chi connectivity index (χ0) is 12.7. The van der Waals surface area contributed by atoms with Crippen LogP contribution in [0, 0.1) is 16.0 Å². The van der Waals surface area contributed by atoms with E-state index in [1.54, 1.807) is 0 Å². The Bertz CT molecular complexity index is 227. The van der Waals surface area contributed by atoms with Crippen molar-refractivity contribution in [2.24, 2.45) is 5.92 Å². The lowest BCUT2D eigenvalue weighted by Crippen LogP contribution is -2.39. The molecule has 1 N–H and O–H groups in total. The van der Waals surface area contributed by atoms with Gasteiger partial charge in [0.05, 0.1) is 0 Å². The third-order valence-corrected chi connectivity index (χ3v) is 3.90. The van der Waals surface area contributed by atoms with Crippen molar-refractivity contribution in [1.29, 1.82) is 0 Å². The Labute approximate surface area is 104 Å². The fourth-order valence-corrected chi connectivity index (χ4v) is 2.79. The van der Waals surface area contributed by atoms with Gasteiger partial charge < -0.3 is 5.11 Å². The molecule has 17 heavy (non-hydrogen) atoms. The van der Waals surface area contributed by atoms with Gasteiger partial charge in [-0.15, -0.1) is 0 Å². The quantitative estimate of drug-likeness (QED) is 0.424. The molecule has 0 saturated heterocycles. The first-order valence-corrected chi connectivity index (χ1v) is 6.98. The Kier molecular flexibility index (Phi) is 6.48. The summed E-state index contributed by atoms with van der Waals surface area (Å²) >= 11 is 0. The predicted octanol–water partition coefficient (Wildman–Crippen LogP) is 3.15. The maximum Gasteiger partial charge on any atom is 0.238 e. The molecule has 0 spiro atoms. The van der Waals surface area contributed by atoms with E-state index in [0.29, 0.717) is 6.42 Å². The number of rotatable bonds is 7. The molecule has 2 atom stereocenters. The van der Waals surface area contributed by atoms with Gasteiger partial charge in [0.15, 0.2) is 0 Å². The van der Waals surface area contributed by atoms with Gasteiger partial charge in [-0.1, -0.05) is 39.0 Å². The molecule has 2 unspecified atom stereocenters. The largest absolute Gasteiger partial charge is 0.386 e. The number of nitro groups is 1. The zero-order valence-electron chi connectivity index (χ0n) is 10.8. The number of aliphatic hydroxyl groups excluding tert-OH is 1. The van der Waals surface area contributed by atoms with Crippen molar-refractivity contribution in [3.63, 3.8) is 0 Å². The van der Waals surface area contributed by atoms with Gasteiger partial charge in [-0.3, -0.25) is 10.1 Å². The molecule has 0 bridgehead atoms. The number of nitrogens with zero attached hydrogens (tertiary/aromatic N) is 1. The molecule has 100 valence electrons. The van der Waals surface area contributed by atoms with E-state index < -0.39 is 12.1 Å². The third-order valence-electron chi connectivity index (χ3n) is 3.90. The summed E-state index contributed by atoms with van der Waals surface area (Å²) in [5.41, 5.74) is 0. The summed E-state index contributed by atoms with van der Waals surface area (Å²) in [7, 11) is 0. The fourth-order valence-electron chi connectivity index (χ4n) is 2.79. The van der Waals surface area contributed by atoms with E-state index in [2.05, 4.69) is 6.92 Å². The highest BCUT2D eigenvalue weighted by Gasteiger charge is 2.35. The smallest absolute Gasteiger partial charge is 0.238 e. The lowest BCUT2D eigenvalue weighted by Gasteiger charge is -2.28. The molecular weight excluding hydrogens is 218 g/mol. The molecule has 0 aliphatic heterocycles. The van der Waals surface area contributed by atoms with Gasteiger partial charge in [0.2, 0.25) is 6.04 Å². The van der Waals surface area contributed by atoms with E-state index in [0.717, 1.165) is 44.9 Å². The normalized spacial score (nSPS) is 21.1. The van der Waals surface area contributed by atoms with Crippen LogP contribution in [-0.4, -0.2) is 22.2 Å². The first-order chi connectivity index (χ1) is 8.16. The Morgan fingerprint density at radius 1 is 1.29 bits per heavy atom. The van der Waals surface area contributed by atoms with Crippen molar-refractivity contribution in [1.82, 2.24) is 0 Å². The van der Waals surface area contributed by atoms with Crippen LogP contribution in [0.1, 0.15) is 64.7 Å². The average molecular weight is 243 g/mol. The second-order valence-electron chi connectivity index (χ2n) is 5.24.